The number of carbonyl (C=O) groups excluding carboxylic acids is 1. The molecule has 1 saturated heterocycles. The van der Waals surface area contributed by atoms with Crippen LogP contribution in [0.15, 0.2) is 30.5 Å². The molecule has 3 rings (SSSR count). The Kier molecular flexibility index (Phi) is 6.07. The minimum absolute atomic E-state index is 0.0777. The molecule has 0 saturated carbocycles. The predicted octanol–water partition coefficient (Wildman–Crippen LogP) is 1.86. The fraction of sp³-hybridized carbons (Fsp3) is 0.444. The first-order valence-electron chi connectivity index (χ1n) is 8.67. The Balaban J connectivity index is 1.54. The van der Waals surface area contributed by atoms with Gasteiger partial charge in [-0.2, -0.15) is 5.10 Å². The number of rotatable bonds is 6. The van der Waals surface area contributed by atoms with Crippen LogP contribution in [-0.4, -0.2) is 59.9 Å². The van der Waals surface area contributed by atoms with Crippen molar-refractivity contribution in [3.8, 4) is 5.69 Å². The second-order valence-corrected chi connectivity index (χ2v) is 6.67. The normalized spacial score (nSPS) is 15.3. The van der Waals surface area contributed by atoms with E-state index in [1.165, 1.54) is 0 Å². The lowest BCUT2D eigenvalue weighted by molar-refractivity contribution is 0.0950. The van der Waals surface area contributed by atoms with Crippen LogP contribution in [-0.2, 0) is 0 Å². The van der Waals surface area contributed by atoms with E-state index >= 15 is 0 Å². The van der Waals surface area contributed by atoms with Crippen molar-refractivity contribution in [1.29, 1.82) is 0 Å². The van der Waals surface area contributed by atoms with Gasteiger partial charge in [-0.05, 0) is 38.1 Å². The summed E-state index contributed by atoms with van der Waals surface area (Å²) in [5, 5.41) is 11.3. The molecule has 1 aromatic heterocycles. The van der Waals surface area contributed by atoms with Crippen molar-refractivity contribution in [2.45, 2.75) is 13.3 Å². The number of halogens is 1. The van der Waals surface area contributed by atoms with Crippen LogP contribution in [0.4, 0.5) is 0 Å². The summed E-state index contributed by atoms with van der Waals surface area (Å²) in [6.45, 7) is 7.85. The molecule has 1 aliphatic heterocycles. The van der Waals surface area contributed by atoms with Crippen LogP contribution in [0.1, 0.15) is 22.5 Å². The molecule has 2 N–H and O–H groups in total. The van der Waals surface area contributed by atoms with E-state index in [9.17, 15) is 4.79 Å². The standard InChI is InChI=1S/C18H24ClN5O/c1-14-17(13-22-24(14)16-5-2-4-15(19)12-16)18(25)21-6-3-9-23-10-7-20-8-11-23/h2,4-5,12-13,20H,3,6-11H2,1H3,(H,21,25). The van der Waals surface area contributed by atoms with Crippen LogP contribution in [0.5, 0.6) is 0 Å². The summed E-state index contributed by atoms with van der Waals surface area (Å²) in [7, 11) is 0. The highest BCUT2D eigenvalue weighted by molar-refractivity contribution is 6.30. The molecule has 1 aromatic carbocycles. The van der Waals surface area contributed by atoms with E-state index in [4.69, 9.17) is 11.6 Å². The van der Waals surface area contributed by atoms with Crippen molar-refractivity contribution < 1.29 is 4.79 Å². The molecule has 0 radical (unpaired) electrons. The van der Waals surface area contributed by atoms with Crippen molar-refractivity contribution in [1.82, 2.24) is 25.3 Å². The lowest BCUT2D eigenvalue weighted by Gasteiger charge is -2.27. The summed E-state index contributed by atoms with van der Waals surface area (Å²) < 4.78 is 1.74. The van der Waals surface area contributed by atoms with E-state index in [1.807, 2.05) is 31.2 Å². The molecule has 2 heterocycles. The summed E-state index contributed by atoms with van der Waals surface area (Å²) in [5.41, 5.74) is 2.26. The lowest BCUT2D eigenvalue weighted by atomic mass is 10.2. The average molecular weight is 362 g/mol. The summed E-state index contributed by atoms with van der Waals surface area (Å²) >= 11 is 6.04. The number of nitrogens with zero attached hydrogens (tertiary/aromatic N) is 3. The molecular formula is C18H24ClN5O. The van der Waals surface area contributed by atoms with Gasteiger partial charge in [-0.1, -0.05) is 17.7 Å². The molecule has 0 spiro atoms. The van der Waals surface area contributed by atoms with Crippen LogP contribution in [0.25, 0.3) is 5.69 Å². The van der Waals surface area contributed by atoms with Gasteiger partial charge in [0.05, 0.1) is 23.1 Å². The maximum atomic E-state index is 12.4. The third-order valence-corrected chi connectivity index (χ3v) is 4.69. The second-order valence-electron chi connectivity index (χ2n) is 6.24. The van der Waals surface area contributed by atoms with Crippen molar-refractivity contribution in [3.05, 3.63) is 46.7 Å². The van der Waals surface area contributed by atoms with Crippen LogP contribution in [0.3, 0.4) is 0 Å². The molecule has 2 aromatic rings. The molecule has 25 heavy (non-hydrogen) atoms. The van der Waals surface area contributed by atoms with Gasteiger partial charge in [0.2, 0.25) is 0 Å². The van der Waals surface area contributed by atoms with Gasteiger partial charge in [0.15, 0.2) is 0 Å². The Hall–Kier alpha value is -1.89. The average Bonchev–Trinajstić information content (AvgIpc) is 3.01. The predicted molar refractivity (Wildman–Crippen MR) is 99.6 cm³/mol. The van der Waals surface area contributed by atoms with Gasteiger partial charge in [0.25, 0.3) is 5.91 Å². The second kappa shape index (κ2) is 8.47. The Bertz CT molecular complexity index is 724. The summed E-state index contributed by atoms with van der Waals surface area (Å²) in [6, 6.07) is 7.43. The van der Waals surface area contributed by atoms with Gasteiger partial charge in [-0.3, -0.25) is 4.79 Å². The monoisotopic (exact) mass is 361 g/mol. The first kappa shape index (κ1) is 17.9. The molecule has 7 heteroatoms. The number of hydrogen-bond acceptors (Lipinski definition) is 4. The van der Waals surface area contributed by atoms with Gasteiger partial charge in [0.1, 0.15) is 0 Å². The smallest absolute Gasteiger partial charge is 0.254 e. The van der Waals surface area contributed by atoms with E-state index in [1.54, 1.807) is 10.9 Å². The van der Waals surface area contributed by atoms with Gasteiger partial charge in [0, 0.05) is 37.7 Å². The summed E-state index contributed by atoms with van der Waals surface area (Å²) in [5.74, 6) is -0.0777. The van der Waals surface area contributed by atoms with E-state index < -0.39 is 0 Å². The minimum Gasteiger partial charge on any atom is -0.352 e. The maximum absolute atomic E-state index is 12.4. The van der Waals surface area contributed by atoms with Gasteiger partial charge >= 0.3 is 0 Å². The van der Waals surface area contributed by atoms with E-state index in [2.05, 4.69) is 20.6 Å². The Morgan fingerprint density at radius 2 is 2.16 bits per heavy atom. The van der Waals surface area contributed by atoms with Crippen molar-refractivity contribution in [2.75, 3.05) is 39.3 Å². The van der Waals surface area contributed by atoms with Crippen LogP contribution in [0, 0.1) is 6.92 Å². The third kappa shape index (κ3) is 4.60. The first-order valence-corrected chi connectivity index (χ1v) is 9.05. The van der Waals surface area contributed by atoms with Crippen LogP contribution in [0.2, 0.25) is 5.02 Å². The number of aromatic nitrogens is 2. The number of piperazine rings is 1. The number of amides is 1. The number of benzene rings is 1. The van der Waals surface area contributed by atoms with Crippen molar-refractivity contribution in [3.63, 3.8) is 0 Å². The fourth-order valence-corrected chi connectivity index (χ4v) is 3.22. The third-order valence-electron chi connectivity index (χ3n) is 4.45. The zero-order chi connectivity index (χ0) is 17.6. The highest BCUT2D eigenvalue weighted by atomic mass is 35.5. The minimum atomic E-state index is -0.0777. The molecule has 0 aliphatic carbocycles. The van der Waals surface area contributed by atoms with Crippen molar-refractivity contribution in [2.24, 2.45) is 0 Å². The van der Waals surface area contributed by atoms with Gasteiger partial charge < -0.3 is 15.5 Å². The Morgan fingerprint density at radius 1 is 1.36 bits per heavy atom. The molecular weight excluding hydrogens is 338 g/mol. The quantitative estimate of drug-likeness (QED) is 0.771. The Labute approximate surface area is 153 Å². The van der Waals surface area contributed by atoms with E-state index in [0.717, 1.165) is 50.5 Å². The van der Waals surface area contributed by atoms with Crippen LogP contribution >= 0.6 is 11.6 Å². The SMILES string of the molecule is Cc1c(C(=O)NCCCN2CCNCC2)cnn1-c1cccc(Cl)c1. The maximum Gasteiger partial charge on any atom is 0.254 e. The highest BCUT2D eigenvalue weighted by Gasteiger charge is 2.15. The molecule has 1 aliphatic rings. The van der Waals surface area contributed by atoms with E-state index in [-0.39, 0.29) is 5.91 Å². The number of hydrogen-bond donors (Lipinski definition) is 2. The first-order chi connectivity index (χ1) is 12.1. The molecule has 134 valence electrons. The van der Waals surface area contributed by atoms with Gasteiger partial charge in [-0.25, -0.2) is 4.68 Å². The lowest BCUT2D eigenvalue weighted by Crippen LogP contribution is -2.44. The van der Waals surface area contributed by atoms with Crippen LogP contribution < -0.4 is 10.6 Å². The van der Waals surface area contributed by atoms with Gasteiger partial charge in [-0.15, -0.1) is 0 Å². The topological polar surface area (TPSA) is 62.2 Å². The number of nitrogens with one attached hydrogen (secondary N) is 2. The van der Waals surface area contributed by atoms with E-state index in [0.29, 0.717) is 17.1 Å². The zero-order valence-electron chi connectivity index (χ0n) is 14.5. The molecule has 0 unspecified atom stereocenters. The fourth-order valence-electron chi connectivity index (χ4n) is 3.04. The molecule has 1 amide bonds. The molecule has 6 nitrogen and oxygen atoms in total. The van der Waals surface area contributed by atoms with Crippen molar-refractivity contribution >= 4 is 17.5 Å². The number of carbonyl (C=O) groups is 1. The highest BCUT2D eigenvalue weighted by Crippen LogP contribution is 2.17. The largest absolute Gasteiger partial charge is 0.352 e. The molecule has 0 bridgehead atoms. The summed E-state index contributed by atoms with van der Waals surface area (Å²) in [6.07, 6.45) is 2.56. The summed E-state index contributed by atoms with van der Waals surface area (Å²) in [4.78, 5) is 14.8. The Morgan fingerprint density at radius 3 is 2.92 bits per heavy atom. The molecule has 1 fully saturated rings. The molecule has 0 atom stereocenters. The zero-order valence-corrected chi connectivity index (χ0v) is 15.2.